The molecule has 0 spiro atoms. The van der Waals surface area contributed by atoms with Gasteiger partial charge in [0.2, 0.25) is 5.89 Å². The Labute approximate surface area is 184 Å². The van der Waals surface area contributed by atoms with Crippen LogP contribution < -0.4 is 10.6 Å². The highest BCUT2D eigenvalue weighted by molar-refractivity contribution is 14.0. The van der Waals surface area contributed by atoms with Crippen LogP contribution in [-0.2, 0) is 17.4 Å². The first kappa shape index (κ1) is 24.4. The molecule has 2 N–H and O–H groups in total. The molecule has 5 nitrogen and oxygen atoms in total. The fraction of sp³-hybridized carbons (Fsp3) is 0.524. The van der Waals surface area contributed by atoms with Gasteiger partial charge in [0.15, 0.2) is 5.96 Å². The lowest BCUT2D eigenvalue weighted by molar-refractivity contribution is 0.383. The van der Waals surface area contributed by atoms with Crippen LogP contribution >= 0.6 is 24.0 Å². The monoisotopic (exact) mass is 502 g/mol. The molecule has 1 aromatic carbocycles. The second-order valence-electron chi connectivity index (χ2n) is 8.28. The molecular formula is C21H32FIN4O. The van der Waals surface area contributed by atoms with Gasteiger partial charge in [-0.3, -0.25) is 0 Å². The molecule has 0 saturated carbocycles. The molecule has 7 heteroatoms. The first-order valence-electron chi connectivity index (χ1n) is 9.36. The number of rotatable bonds is 6. The zero-order valence-electron chi connectivity index (χ0n) is 17.6. The van der Waals surface area contributed by atoms with Gasteiger partial charge in [-0.1, -0.05) is 52.8 Å². The third-order valence-corrected chi connectivity index (χ3v) is 4.31. The topological polar surface area (TPSA) is 62.5 Å². The van der Waals surface area contributed by atoms with E-state index in [1.807, 2.05) is 32.9 Å². The number of oxazole rings is 1. The quantitative estimate of drug-likeness (QED) is 0.340. The van der Waals surface area contributed by atoms with Crippen molar-refractivity contribution in [3.05, 3.63) is 53.5 Å². The van der Waals surface area contributed by atoms with E-state index in [4.69, 9.17) is 4.42 Å². The molecular weight excluding hydrogens is 470 g/mol. The van der Waals surface area contributed by atoms with E-state index in [0.717, 1.165) is 12.3 Å². The summed E-state index contributed by atoms with van der Waals surface area (Å²) in [5.74, 6) is 1.87. The molecule has 0 unspecified atom stereocenters. The Bertz CT molecular complexity index is 781. The Morgan fingerprint density at radius 2 is 1.82 bits per heavy atom. The molecule has 0 fully saturated rings. The molecule has 0 saturated heterocycles. The molecule has 0 amide bonds. The summed E-state index contributed by atoms with van der Waals surface area (Å²) in [6, 6.07) is 6.87. The minimum atomic E-state index is -0.385. The van der Waals surface area contributed by atoms with Gasteiger partial charge in [0.05, 0.1) is 6.20 Å². The van der Waals surface area contributed by atoms with Gasteiger partial charge >= 0.3 is 0 Å². The van der Waals surface area contributed by atoms with Gasteiger partial charge in [0.1, 0.15) is 18.1 Å². The van der Waals surface area contributed by atoms with Crippen molar-refractivity contribution in [3.63, 3.8) is 0 Å². The molecule has 28 heavy (non-hydrogen) atoms. The minimum absolute atomic E-state index is 0. The van der Waals surface area contributed by atoms with Crippen LogP contribution in [0.4, 0.5) is 4.39 Å². The van der Waals surface area contributed by atoms with E-state index in [-0.39, 0.29) is 40.6 Å². The van der Waals surface area contributed by atoms with Gasteiger partial charge in [0.25, 0.3) is 0 Å². The van der Waals surface area contributed by atoms with Crippen LogP contribution in [0.1, 0.15) is 58.8 Å². The average molecular weight is 502 g/mol. The maximum absolute atomic E-state index is 14.1. The Hall–Kier alpha value is -1.64. The molecule has 0 radical (unpaired) electrons. The summed E-state index contributed by atoms with van der Waals surface area (Å²) >= 11 is 0. The molecule has 0 aliphatic heterocycles. The highest BCUT2D eigenvalue weighted by atomic mass is 127. The number of hydrogen-bond acceptors (Lipinski definition) is 3. The van der Waals surface area contributed by atoms with Crippen LogP contribution in [0, 0.1) is 5.82 Å². The van der Waals surface area contributed by atoms with Gasteiger partial charge < -0.3 is 15.1 Å². The maximum Gasteiger partial charge on any atom is 0.216 e. The molecule has 0 atom stereocenters. The number of nitrogens with zero attached hydrogens (tertiary/aromatic N) is 2. The lowest BCUT2D eigenvalue weighted by atomic mass is 9.84. The van der Waals surface area contributed by atoms with Gasteiger partial charge in [-0.05, 0) is 18.6 Å². The zero-order chi connectivity index (χ0) is 20.1. The largest absolute Gasteiger partial charge is 0.443 e. The zero-order valence-corrected chi connectivity index (χ0v) is 19.9. The van der Waals surface area contributed by atoms with Crippen molar-refractivity contribution in [2.75, 3.05) is 13.1 Å². The first-order chi connectivity index (χ1) is 12.6. The highest BCUT2D eigenvalue weighted by Crippen LogP contribution is 2.25. The van der Waals surface area contributed by atoms with E-state index in [9.17, 15) is 4.39 Å². The maximum atomic E-state index is 14.1. The molecule has 1 aromatic heterocycles. The average Bonchev–Trinajstić information content (AvgIpc) is 3.07. The molecule has 0 bridgehead atoms. The number of aromatic nitrogens is 1. The van der Waals surface area contributed by atoms with Crippen LogP contribution in [0.25, 0.3) is 0 Å². The van der Waals surface area contributed by atoms with Gasteiger partial charge in [-0.25, -0.2) is 14.4 Å². The lowest BCUT2D eigenvalue weighted by Gasteiger charge is -2.27. The normalized spacial score (nSPS) is 12.5. The fourth-order valence-corrected chi connectivity index (χ4v) is 2.63. The first-order valence-corrected chi connectivity index (χ1v) is 9.36. The minimum Gasteiger partial charge on any atom is -0.443 e. The van der Waals surface area contributed by atoms with Crippen LogP contribution in [0.15, 0.2) is 39.9 Å². The fourth-order valence-electron chi connectivity index (χ4n) is 2.63. The lowest BCUT2D eigenvalue weighted by Crippen LogP contribution is -2.43. The Morgan fingerprint density at radius 3 is 2.39 bits per heavy atom. The number of benzene rings is 1. The third-order valence-electron chi connectivity index (χ3n) is 4.31. The molecule has 156 valence electrons. The second kappa shape index (κ2) is 10.2. The van der Waals surface area contributed by atoms with E-state index in [0.29, 0.717) is 30.5 Å². The van der Waals surface area contributed by atoms with E-state index in [1.165, 1.54) is 6.07 Å². The third kappa shape index (κ3) is 6.76. The van der Waals surface area contributed by atoms with Gasteiger partial charge in [-0.15, -0.1) is 24.0 Å². The number of nitrogens with one attached hydrogen (secondary N) is 2. The highest BCUT2D eigenvalue weighted by Gasteiger charge is 2.24. The van der Waals surface area contributed by atoms with Crippen molar-refractivity contribution in [2.45, 2.75) is 58.9 Å². The second-order valence-corrected chi connectivity index (χ2v) is 8.28. The van der Waals surface area contributed by atoms with E-state index in [1.54, 1.807) is 12.3 Å². The Kier molecular flexibility index (Phi) is 8.91. The van der Waals surface area contributed by atoms with Crippen molar-refractivity contribution in [2.24, 2.45) is 4.99 Å². The number of aliphatic imine (C=N–C) groups is 1. The number of guanidine groups is 1. The Morgan fingerprint density at radius 1 is 1.14 bits per heavy atom. The van der Waals surface area contributed by atoms with Crippen LogP contribution in [0.3, 0.4) is 0 Å². The Balaban J connectivity index is 0.00000392. The molecule has 0 aliphatic rings. The summed E-state index contributed by atoms with van der Waals surface area (Å²) in [6.45, 7) is 13.9. The van der Waals surface area contributed by atoms with Crippen LogP contribution in [0.5, 0.6) is 0 Å². The number of hydrogen-bond donors (Lipinski definition) is 2. The van der Waals surface area contributed by atoms with E-state index >= 15 is 0 Å². The van der Waals surface area contributed by atoms with E-state index in [2.05, 4.69) is 41.4 Å². The SMILES string of the molecule is CCNC(=NCc1ncc(C(C)(C)C)o1)NCC(C)(C)c1ccccc1F.I. The summed E-state index contributed by atoms with van der Waals surface area (Å²) in [5, 5.41) is 6.50. The van der Waals surface area contributed by atoms with Crippen molar-refractivity contribution < 1.29 is 8.81 Å². The summed E-state index contributed by atoms with van der Waals surface area (Å²) in [6.07, 6.45) is 1.76. The number of halogens is 2. The molecule has 2 aromatic rings. The summed E-state index contributed by atoms with van der Waals surface area (Å²) < 4.78 is 19.9. The molecule has 2 rings (SSSR count). The van der Waals surface area contributed by atoms with Gasteiger partial charge in [-0.2, -0.15) is 0 Å². The van der Waals surface area contributed by atoms with Crippen LogP contribution in [-0.4, -0.2) is 24.0 Å². The standard InChI is InChI=1S/C21H31FN4O.HI/c1-7-23-19(25-13-18-24-12-17(27-18)20(2,3)4)26-14-21(5,6)15-10-8-9-11-16(15)22;/h8-12H,7,13-14H2,1-6H3,(H2,23,25,26);1H. The predicted octanol–water partition coefficient (Wildman–Crippen LogP) is 4.76. The summed E-state index contributed by atoms with van der Waals surface area (Å²) in [5.41, 5.74) is 0.210. The van der Waals surface area contributed by atoms with Crippen molar-refractivity contribution in [1.29, 1.82) is 0 Å². The van der Waals surface area contributed by atoms with Crippen molar-refractivity contribution >= 4 is 29.9 Å². The van der Waals surface area contributed by atoms with Crippen molar-refractivity contribution in [3.8, 4) is 0 Å². The smallest absolute Gasteiger partial charge is 0.216 e. The predicted molar refractivity (Wildman–Crippen MR) is 123 cm³/mol. The van der Waals surface area contributed by atoms with E-state index < -0.39 is 0 Å². The molecule has 1 heterocycles. The molecule has 0 aliphatic carbocycles. The van der Waals surface area contributed by atoms with Crippen LogP contribution in [0.2, 0.25) is 0 Å². The summed E-state index contributed by atoms with van der Waals surface area (Å²) in [4.78, 5) is 8.85. The summed E-state index contributed by atoms with van der Waals surface area (Å²) in [7, 11) is 0. The van der Waals surface area contributed by atoms with Gasteiger partial charge in [0, 0.05) is 23.9 Å². The van der Waals surface area contributed by atoms with Crippen molar-refractivity contribution in [1.82, 2.24) is 15.6 Å².